The molecular formula is C15H17Cl2NO. The number of nitrogens with zero attached hydrogens (tertiary/aromatic N) is 1. The van der Waals surface area contributed by atoms with Crippen LogP contribution in [0.5, 0.6) is 0 Å². The first-order valence-electron chi connectivity index (χ1n) is 6.42. The number of rotatable bonds is 3. The molecule has 0 fully saturated rings. The highest BCUT2D eigenvalue weighted by Gasteiger charge is 2.22. The van der Waals surface area contributed by atoms with Gasteiger partial charge < -0.3 is 4.90 Å². The minimum absolute atomic E-state index is 0.105. The molecule has 0 N–H and O–H groups in total. The summed E-state index contributed by atoms with van der Waals surface area (Å²) in [6.45, 7) is 0.498. The lowest BCUT2D eigenvalue weighted by molar-refractivity contribution is -0.135. The predicted octanol–water partition coefficient (Wildman–Crippen LogP) is 4.31. The van der Waals surface area contributed by atoms with Gasteiger partial charge in [0.15, 0.2) is 0 Å². The second-order valence-corrected chi connectivity index (χ2v) is 5.67. The van der Waals surface area contributed by atoms with E-state index in [4.69, 9.17) is 23.2 Å². The van der Waals surface area contributed by atoms with Gasteiger partial charge in [-0.25, -0.2) is 0 Å². The maximum Gasteiger partial charge on any atom is 0.226 e. The van der Waals surface area contributed by atoms with Crippen LogP contribution in [0, 0.1) is 5.92 Å². The van der Waals surface area contributed by atoms with Crippen molar-refractivity contribution in [2.24, 2.45) is 5.92 Å². The van der Waals surface area contributed by atoms with E-state index in [0.29, 0.717) is 16.6 Å². The summed E-state index contributed by atoms with van der Waals surface area (Å²) in [7, 11) is 1.82. The molecule has 1 aliphatic rings. The molecule has 19 heavy (non-hydrogen) atoms. The zero-order chi connectivity index (χ0) is 13.8. The van der Waals surface area contributed by atoms with Crippen molar-refractivity contribution in [1.82, 2.24) is 4.90 Å². The molecule has 0 radical (unpaired) electrons. The Morgan fingerprint density at radius 1 is 1.37 bits per heavy atom. The highest BCUT2D eigenvalue weighted by Crippen LogP contribution is 2.27. The molecule has 2 nitrogen and oxygen atoms in total. The number of amides is 1. The average Bonchev–Trinajstić information content (AvgIpc) is 2.44. The molecule has 1 aromatic carbocycles. The van der Waals surface area contributed by atoms with Gasteiger partial charge in [-0.15, -0.1) is 0 Å². The third-order valence-corrected chi connectivity index (χ3v) is 4.29. The lowest BCUT2D eigenvalue weighted by atomic mass is 9.93. The number of hydrogen-bond donors (Lipinski definition) is 0. The average molecular weight is 298 g/mol. The van der Waals surface area contributed by atoms with Crippen LogP contribution in [0.15, 0.2) is 30.4 Å². The Hall–Kier alpha value is -0.990. The van der Waals surface area contributed by atoms with E-state index >= 15 is 0 Å². The Balaban J connectivity index is 2.04. The third kappa shape index (κ3) is 3.52. The van der Waals surface area contributed by atoms with Crippen molar-refractivity contribution >= 4 is 29.1 Å². The molecule has 0 heterocycles. The van der Waals surface area contributed by atoms with Crippen LogP contribution in [0.2, 0.25) is 10.0 Å². The number of hydrogen-bond acceptors (Lipinski definition) is 1. The zero-order valence-corrected chi connectivity index (χ0v) is 12.4. The van der Waals surface area contributed by atoms with E-state index in [0.717, 1.165) is 24.8 Å². The third-order valence-electron chi connectivity index (χ3n) is 3.43. The van der Waals surface area contributed by atoms with Gasteiger partial charge >= 0.3 is 0 Å². The monoisotopic (exact) mass is 297 g/mol. The van der Waals surface area contributed by atoms with Crippen LogP contribution >= 0.6 is 23.2 Å². The maximum atomic E-state index is 12.3. The van der Waals surface area contributed by atoms with Crippen LogP contribution in [0.1, 0.15) is 24.8 Å². The van der Waals surface area contributed by atoms with Crippen LogP contribution in [-0.4, -0.2) is 17.9 Å². The quantitative estimate of drug-likeness (QED) is 0.762. The van der Waals surface area contributed by atoms with Crippen molar-refractivity contribution in [2.45, 2.75) is 25.8 Å². The summed E-state index contributed by atoms with van der Waals surface area (Å²) in [6.07, 6.45) is 6.99. The summed E-state index contributed by atoms with van der Waals surface area (Å²) in [4.78, 5) is 14.1. The Morgan fingerprint density at radius 3 is 2.84 bits per heavy atom. The van der Waals surface area contributed by atoms with Gasteiger partial charge in [0.1, 0.15) is 0 Å². The molecule has 2 rings (SSSR count). The molecule has 1 amide bonds. The maximum absolute atomic E-state index is 12.3. The molecule has 4 heteroatoms. The first-order valence-corrected chi connectivity index (χ1v) is 7.18. The molecule has 1 atom stereocenters. The van der Waals surface area contributed by atoms with Gasteiger partial charge in [0, 0.05) is 19.5 Å². The minimum atomic E-state index is 0.105. The molecule has 0 aliphatic heterocycles. The Bertz CT molecular complexity index is 499. The smallest absolute Gasteiger partial charge is 0.226 e. The largest absolute Gasteiger partial charge is 0.341 e. The van der Waals surface area contributed by atoms with Crippen LogP contribution in [-0.2, 0) is 11.3 Å². The second kappa shape index (κ2) is 6.44. The first kappa shape index (κ1) is 14.4. The van der Waals surface area contributed by atoms with Crippen LogP contribution in [0.25, 0.3) is 0 Å². The lowest BCUT2D eigenvalue weighted by Gasteiger charge is -2.25. The van der Waals surface area contributed by atoms with Gasteiger partial charge in [0.2, 0.25) is 5.91 Å². The summed E-state index contributed by atoms with van der Waals surface area (Å²) in [5, 5.41) is 1.06. The summed E-state index contributed by atoms with van der Waals surface area (Å²) < 4.78 is 0. The van der Waals surface area contributed by atoms with Crippen LogP contribution in [0.3, 0.4) is 0 Å². The molecule has 0 spiro atoms. The topological polar surface area (TPSA) is 20.3 Å². The van der Waals surface area contributed by atoms with Crippen molar-refractivity contribution in [2.75, 3.05) is 7.05 Å². The number of benzene rings is 1. The number of carbonyl (C=O) groups excluding carboxylic acids is 1. The fourth-order valence-electron chi connectivity index (χ4n) is 2.33. The second-order valence-electron chi connectivity index (χ2n) is 4.89. The van der Waals surface area contributed by atoms with E-state index < -0.39 is 0 Å². The molecule has 0 bridgehead atoms. The zero-order valence-electron chi connectivity index (χ0n) is 10.9. The lowest BCUT2D eigenvalue weighted by Crippen LogP contribution is -2.33. The minimum Gasteiger partial charge on any atom is -0.341 e. The van der Waals surface area contributed by atoms with Gasteiger partial charge in [-0.05, 0) is 30.9 Å². The van der Waals surface area contributed by atoms with Gasteiger partial charge in [-0.1, -0.05) is 47.5 Å². The highest BCUT2D eigenvalue weighted by molar-refractivity contribution is 6.42. The van der Waals surface area contributed by atoms with Crippen molar-refractivity contribution < 1.29 is 4.79 Å². The normalized spacial score (nSPS) is 18.4. The Morgan fingerprint density at radius 2 is 2.16 bits per heavy atom. The number of halogens is 2. The molecule has 1 aromatic rings. The summed E-state index contributed by atoms with van der Waals surface area (Å²) >= 11 is 12.1. The fourth-order valence-corrected chi connectivity index (χ4v) is 2.71. The van der Waals surface area contributed by atoms with Crippen molar-refractivity contribution in [1.29, 1.82) is 0 Å². The molecular weight excluding hydrogens is 281 g/mol. The fraction of sp³-hybridized carbons (Fsp3) is 0.400. The van der Waals surface area contributed by atoms with Crippen LogP contribution < -0.4 is 0 Å². The predicted molar refractivity (Wildman–Crippen MR) is 79.4 cm³/mol. The van der Waals surface area contributed by atoms with Crippen LogP contribution in [0.4, 0.5) is 0 Å². The highest BCUT2D eigenvalue weighted by atomic mass is 35.5. The Labute approximate surface area is 124 Å². The van der Waals surface area contributed by atoms with Crippen molar-refractivity contribution in [3.63, 3.8) is 0 Å². The summed E-state index contributed by atoms with van der Waals surface area (Å²) in [5.74, 6) is 0.286. The molecule has 0 saturated carbocycles. The van der Waals surface area contributed by atoms with E-state index in [2.05, 4.69) is 12.2 Å². The van der Waals surface area contributed by atoms with Gasteiger partial charge in [-0.3, -0.25) is 4.79 Å². The van der Waals surface area contributed by atoms with Gasteiger partial charge in [-0.2, -0.15) is 0 Å². The van der Waals surface area contributed by atoms with Gasteiger partial charge in [0.25, 0.3) is 0 Å². The Kier molecular flexibility index (Phi) is 4.89. The van der Waals surface area contributed by atoms with Crippen molar-refractivity contribution in [3.8, 4) is 0 Å². The standard InChI is InChI=1S/C15H17Cl2NO/c1-18(15(19)11-6-3-2-4-7-11)10-12-8-5-9-13(16)14(12)17/h2-3,5,8-9,11H,4,6-7,10H2,1H3/t11-/m0/s1. The van der Waals surface area contributed by atoms with E-state index in [-0.39, 0.29) is 11.8 Å². The van der Waals surface area contributed by atoms with E-state index in [9.17, 15) is 4.79 Å². The first-order chi connectivity index (χ1) is 9.09. The SMILES string of the molecule is CN(Cc1cccc(Cl)c1Cl)C(=O)[C@H]1CC=CCC1. The molecule has 0 aromatic heterocycles. The van der Waals surface area contributed by atoms with E-state index in [1.54, 1.807) is 11.0 Å². The molecule has 102 valence electrons. The van der Waals surface area contributed by atoms with Crippen molar-refractivity contribution in [3.05, 3.63) is 46.0 Å². The summed E-state index contributed by atoms with van der Waals surface area (Å²) in [6, 6.07) is 5.51. The molecule has 0 saturated heterocycles. The van der Waals surface area contributed by atoms with E-state index in [1.165, 1.54) is 0 Å². The molecule has 1 aliphatic carbocycles. The summed E-state index contributed by atoms with van der Waals surface area (Å²) in [5.41, 5.74) is 0.886. The number of allylic oxidation sites excluding steroid dienone is 2. The van der Waals surface area contributed by atoms with E-state index in [1.807, 2.05) is 19.2 Å². The molecule has 0 unspecified atom stereocenters. The number of carbonyl (C=O) groups is 1. The van der Waals surface area contributed by atoms with Gasteiger partial charge in [0.05, 0.1) is 10.0 Å².